The molecule has 4 fully saturated rings. The van der Waals surface area contributed by atoms with Gasteiger partial charge in [0.2, 0.25) is 0 Å². The Kier molecular flexibility index (Phi) is 3.22. The molecule has 0 aliphatic heterocycles. The molecule has 4 aliphatic rings. The van der Waals surface area contributed by atoms with Crippen molar-refractivity contribution in [3.05, 3.63) is 0 Å². The van der Waals surface area contributed by atoms with Crippen LogP contribution in [0.2, 0.25) is 0 Å². The molecular formula is C20H34O3. The molecule has 4 rings (SSSR count). The van der Waals surface area contributed by atoms with Crippen LogP contribution in [-0.4, -0.2) is 33.1 Å². The van der Waals surface area contributed by atoms with Gasteiger partial charge in [-0.25, -0.2) is 0 Å². The smallest absolute Gasteiger partial charge is 0.0653 e. The fourth-order valence-corrected chi connectivity index (χ4v) is 8.51. The number of aliphatic hydroxyl groups is 3. The molecular weight excluding hydrogens is 288 g/mol. The van der Waals surface area contributed by atoms with E-state index in [4.69, 9.17) is 0 Å². The predicted octanol–water partition coefficient (Wildman–Crippen LogP) is 3.11. The molecule has 0 amide bonds. The standard InChI is InChI=1S/C20H34O3/c1-17(2)8-13(21)9-18(3)15-6-5-12-7-20(15,11-19(12,4)23)10-14(22)16(17)18/h12-16,21-23H,5-11H2,1-4H3/t12-,13+,14-,15-,16+,18-,19+,20+/m1/s1. The summed E-state index contributed by atoms with van der Waals surface area (Å²) in [6, 6.07) is 0. The van der Waals surface area contributed by atoms with E-state index in [0.29, 0.717) is 11.8 Å². The van der Waals surface area contributed by atoms with Gasteiger partial charge in [-0.2, -0.15) is 0 Å². The van der Waals surface area contributed by atoms with E-state index in [1.54, 1.807) is 0 Å². The number of hydrogen-bond donors (Lipinski definition) is 3. The Hall–Kier alpha value is -0.120. The molecule has 0 aromatic heterocycles. The summed E-state index contributed by atoms with van der Waals surface area (Å²) in [5.41, 5.74) is -0.514. The van der Waals surface area contributed by atoms with Crippen molar-refractivity contribution in [2.75, 3.05) is 0 Å². The molecule has 0 heterocycles. The molecule has 0 aromatic carbocycles. The lowest BCUT2D eigenvalue weighted by Gasteiger charge is -2.66. The lowest BCUT2D eigenvalue weighted by molar-refractivity contribution is -0.216. The third-order valence-corrected chi connectivity index (χ3v) is 8.57. The summed E-state index contributed by atoms with van der Waals surface area (Å²) < 4.78 is 0. The van der Waals surface area contributed by atoms with Crippen LogP contribution in [0, 0.1) is 34.0 Å². The van der Waals surface area contributed by atoms with Gasteiger partial charge in [0.05, 0.1) is 17.8 Å². The summed E-state index contributed by atoms with van der Waals surface area (Å²) in [4.78, 5) is 0. The minimum atomic E-state index is -0.569. The largest absolute Gasteiger partial charge is 0.393 e. The van der Waals surface area contributed by atoms with E-state index in [2.05, 4.69) is 20.8 Å². The van der Waals surface area contributed by atoms with Crippen molar-refractivity contribution in [2.45, 2.75) is 90.4 Å². The van der Waals surface area contributed by atoms with E-state index in [-0.39, 0.29) is 34.4 Å². The first kappa shape index (κ1) is 16.4. The summed E-state index contributed by atoms with van der Waals surface area (Å²) in [6.07, 6.45) is 6.08. The van der Waals surface area contributed by atoms with E-state index in [1.807, 2.05) is 6.92 Å². The van der Waals surface area contributed by atoms with Gasteiger partial charge in [-0.05, 0) is 85.9 Å². The summed E-state index contributed by atoms with van der Waals surface area (Å²) in [5, 5.41) is 32.6. The van der Waals surface area contributed by atoms with Gasteiger partial charge in [-0.15, -0.1) is 0 Å². The van der Waals surface area contributed by atoms with Gasteiger partial charge in [0.15, 0.2) is 0 Å². The normalized spacial score (nSPS) is 60.9. The van der Waals surface area contributed by atoms with Crippen molar-refractivity contribution in [2.24, 2.45) is 34.0 Å². The highest BCUT2D eigenvalue weighted by Crippen LogP contribution is 2.72. The Morgan fingerprint density at radius 2 is 1.57 bits per heavy atom. The highest BCUT2D eigenvalue weighted by molar-refractivity contribution is 5.18. The van der Waals surface area contributed by atoms with Crippen LogP contribution in [0.4, 0.5) is 0 Å². The quantitative estimate of drug-likeness (QED) is 0.642. The first-order chi connectivity index (χ1) is 10.5. The maximum Gasteiger partial charge on any atom is 0.0653 e. The zero-order valence-corrected chi connectivity index (χ0v) is 15.2. The predicted molar refractivity (Wildman–Crippen MR) is 89.7 cm³/mol. The fraction of sp³-hybridized carbons (Fsp3) is 1.00. The molecule has 0 saturated heterocycles. The summed E-state index contributed by atoms with van der Waals surface area (Å²) in [5.74, 6) is 1.19. The second-order valence-electron chi connectivity index (χ2n) is 10.7. The summed E-state index contributed by atoms with van der Waals surface area (Å²) in [6.45, 7) is 8.81. The first-order valence-electron chi connectivity index (χ1n) is 9.59. The average molecular weight is 322 g/mol. The van der Waals surface area contributed by atoms with Crippen molar-refractivity contribution in [1.29, 1.82) is 0 Å². The van der Waals surface area contributed by atoms with E-state index >= 15 is 0 Å². The Bertz CT molecular complexity index is 513. The van der Waals surface area contributed by atoms with Crippen LogP contribution in [0.1, 0.15) is 72.6 Å². The van der Waals surface area contributed by atoms with Crippen LogP contribution in [0.5, 0.6) is 0 Å². The van der Waals surface area contributed by atoms with Gasteiger partial charge in [-0.3, -0.25) is 0 Å². The molecule has 8 atom stereocenters. The molecule has 1 spiro atoms. The lowest BCUT2D eigenvalue weighted by Crippen LogP contribution is -2.63. The molecule has 0 aromatic rings. The van der Waals surface area contributed by atoms with Gasteiger partial charge < -0.3 is 15.3 Å². The van der Waals surface area contributed by atoms with E-state index in [9.17, 15) is 15.3 Å². The summed E-state index contributed by atoms with van der Waals surface area (Å²) >= 11 is 0. The minimum Gasteiger partial charge on any atom is -0.393 e. The lowest BCUT2D eigenvalue weighted by atomic mass is 9.40. The minimum absolute atomic E-state index is 0.00970. The van der Waals surface area contributed by atoms with Gasteiger partial charge in [0.25, 0.3) is 0 Å². The number of rotatable bonds is 0. The molecule has 3 heteroatoms. The first-order valence-corrected chi connectivity index (χ1v) is 9.59. The Morgan fingerprint density at radius 3 is 2.26 bits per heavy atom. The van der Waals surface area contributed by atoms with Crippen LogP contribution in [0.25, 0.3) is 0 Å². The average Bonchev–Trinajstić information content (AvgIpc) is 2.51. The third kappa shape index (κ3) is 2.05. The second kappa shape index (κ2) is 4.53. The van der Waals surface area contributed by atoms with Crippen molar-refractivity contribution in [1.82, 2.24) is 0 Å². The molecule has 0 unspecified atom stereocenters. The Morgan fingerprint density at radius 1 is 0.870 bits per heavy atom. The maximum atomic E-state index is 11.2. The van der Waals surface area contributed by atoms with E-state index in [0.717, 1.165) is 44.9 Å². The van der Waals surface area contributed by atoms with E-state index < -0.39 is 5.60 Å². The number of fused-ring (bicyclic) bond motifs is 3. The molecule has 132 valence electrons. The number of hydrogen-bond acceptors (Lipinski definition) is 3. The number of aliphatic hydroxyl groups excluding tert-OH is 2. The molecule has 23 heavy (non-hydrogen) atoms. The van der Waals surface area contributed by atoms with Crippen molar-refractivity contribution < 1.29 is 15.3 Å². The van der Waals surface area contributed by atoms with Crippen LogP contribution in [0.15, 0.2) is 0 Å². The molecule has 2 bridgehead atoms. The van der Waals surface area contributed by atoms with Crippen LogP contribution < -0.4 is 0 Å². The van der Waals surface area contributed by atoms with Crippen molar-refractivity contribution in [3.63, 3.8) is 0 Å². The topological polar surface area (TPSA) is 60.7 Å². The van der Waals surface area contributed by atoms with Crippen LogP contribution in [0.3, 0.4) is 0 Å². The van der Waals surface area contributed by atoms with Crippen LogP contribution >= 0.6 is 0 Å². The SMILES string of the molecule is CC1(C)C[C@H](O)C[C@@]2(C)[C@H]1[C@H](O)C[C@]13C[C@@H](CC[C@@H]12)[C@@](C)(O)C3. The van der Waals surface area contributed by atoms with Gasteiger partial charge in [0, 0.05) is 0 Å². The summed E-state index contributed by atoms with van der Waals surface area (Å²) in [7, 11) is 0. The molecule has 3 N–H and O–H groups in total. The maximum absolute atomic E-state index is 11.2. The zero-order chi connectivity index (χ0) is 16.8. The Labute approximate surface area is 140 Å². The van der Waals surface area contributed by atoms with Crippen molar-refractivity contribution >= 4 is 0 Å². The molecule has 4 aliphatic carbocycles. The highest BCUT2D eigenvalue weighted by Gasteiger charge is 2.69. The van der Waals surface area contributed by atoms with Crippen LogP contribution in [-0.2, 0) is 0 Å². The van der Waals surface area contributed by atoms with Gasteiger partial charge >= 0.3 is 0 Å². The second-order valence-corrected chi connectivity index (χ2v) is 10.7. The van der Waals surface area contributed by atoms with Crippen molar-refractivity contribution in [3.8, 4) is 0 Å². The monoisotopic (exact) mass is 322 g/mol. The Balaban J connectivity index is 1.79. The third-order valence-electron chi connectivity index (χ3n) is 8.57. The molecule has 4 saturated carbocycles. The fourth-order valence-electron chi connectivity index (χ4n) is 8.51. The molecule has 3 nitrogen and oxygen atoms in total. The van der Waals surface area contributed by atoms with Gasteiger partial charge in [-0.1, -0.05) is 20.8 Å². The van der Waals surface area contributed by atoms with Gasteiger partial charge in [0.1, 0.15) is 0 Å². The van der Waals surface area contributed by atoms with E-state index in [1.165, 1.54) is 0 Å². The molecule has 0 radical (unpaired) electrons. The highest BCUT2D eigenvalue weighted by atomic mass is 16.3. The zero-order valence-electron chi connectivity index (χ0n) is 15.2.